The van der Waals surface area contributed by atoms with Crippen LogP contribution in [0.4, 0.5) is 11.5 Å². The molecular weight excluding hydrogens is 472 g/mol. The van der Waals surface area contributed by atoms with Crippen LogP contribution in [0.2, 0.25) is 0 Å². The number of hydrogen-bond acceptors (Lipinski definition) is 5. The zero-order valence-electron chi connectivity index (χ0n) is 20.9. The first-order valence-corrected chi connectivity index (χ1v) is 14.1. The van der Waals surface area contributed by atoms with E-state index >= 15 is 0 Å². The lowest BCUT2D eigenvalue weighted by Gasteiger charge is -2.17. The first-order valence-electron chi connectivity index (χ1n) is 12.7. The number of benzene rings is 2. The average Bonchev–Trinajstić information content (AvgIpc) is 3.28. The predicted octanol–water partition coefficient (Wildman–Crippen LogP) is 5.27. The van der Waals surface area contributed by atoms with Gasteiger partial charge in [-0.15, -0.1) is 0 Å². The lowest BCUT2D eigenvalue weighted by molar-refractivity contribution is 0.0953. The topological polar surface area (TPSA) is 100 Å². The Labute approximate surface area is 213 Å². The van der Waals surface area contributed by atoms with Crippen molar-refractivity contribution in [3.8, 4) is 0 Å². The Balaban J connectivity index is 1.50. The van der Waals surface area contributed by atoms with Crippen LogP contribution in [0.15, 0.2) is 65.7 Å². The molecule has 1 atom stereocenters. The number of unbranched alkanes of at least 4 members (excludes halogenated alkanes) is 2. The molecule has 8 heteroatoms. The van der Waals surface area contributed by atoms with Gasteiger partial charge in [-0.2, -0.15) is 0 Å². The summed E-state index contributed by atoms with van der Waals surface area (Å²) in [5.41, 5.74) is 4.38. The van der Waals surface area contributed by atoms with Crippen molar-refractivity contribution in [1.29, 1.82) is 0 Å². The second-order valence-electron chi connectivity index (χ2n) is 9.11. The maximum Gasteiger partial charge on any atom is 0.255 e. The highest BCUT2D eigenvalue weighted by Gasteiger charge is 2.28. The van der Waals surface area contributed by atoms with E-state index < -0.39 is 10.0 Å². The molecule has 0 bridgehead atoms. The fourth-order valence-electron chi connectivity index (χ4n) is 4.46. The molecule has 0 radical (unpaired) electrons. The van der Waals surface area contributed by atoms with E-state index in [0.29, 0.717) is 24.3 Å². The number of carbonyl (C=O) groups excluding carboxylic acids is 1. The van der Waals surface area contributed by atoms with Crippen LogP contribution in [0.5, 0.6) is 0 Å². The van der Waals surface area contributed by atoms with Crippen molar-refractivity contribution in [3.63, 3.8) is 0 Å². The highest BCUT2D eigenvalue weighted by Crippen LogP contribution is 2.35. The maximum atomic E-state index is 13.0. The summed E-state index contributed by atoms with van der Waals surface area (Å²) >= 11 is 0. The first-order chi connectivity index (χ1) is 17.4. The number of aromatic nitrogens is 1. The summed E-state index contributed by atoms with van der Waals surface area (Å²) in [6.07, 6.45) is 7.10. The van der Waals surface area contributed by atoms with Crippen molar-refractivity contribution >= 4 is 27.4 Å². The second kappa shape index (κ2) is 11.7. The second-order valence-corrected chi connectivity index (χ2v) is 10.8. The normalized spacial score (nSPS) is 14.9. The van der Waals surface area contributed by atoms with Crippen LogP contribution in [-0.2, 0) is 22.9 Å². The van der Waals surface area contributed by atoms with Gasteiger partial charge in [0.1, 0.15) is 5.82 Å². The number of nitrogens with zero attached hydrogens (tertiary/aromatic N) is 1. The minimum Gasteiger partial charge on any atom is -0.352 e. The van der Waals surface area contributed by atoms with Gasteiger partial charge in [0.2, 0.25) is 10.0 Å². The van der Waals surface area contributed by atoms with Gasteiger partial charge in [-0.25, -0.2) is 18.1 Å². The van der Waals surface area contributed by atoms with E-state index in [9.17, 15) is 13.2 Å². The summed E-state index contributed by atoms with van der Waals surface area (Å²) in [5, 5.41) is 6.22. The van der Waals surface area contributed by atoms with Crippen molar-refractivity contribution in [2.45, 2.75) is 63.3 Å². The fourth-order valence-corrected chi connectivity index (χ4v) is 5.71. The number of nitrogens with one attached hydrogen (secondary N) is 3. The summed E-state index contributed by atoms with van der Waals surface area (Å²) in [5.74, 6) is 0.305. The molecule has 1 heterocycles. The molecular formula is C28H34N4O3S. The number of carbonyl (C=O) groups is 1. The first kappa shape index (κ1) is 25.9. The number of rotatable bonds is 11. The van der Waals surface area contributed by atoms with Crippen LogP contribution in [-0.4, -0.2) is 25.9 Å². The molecule has 1 unspecified atom stereocenters. The molecule has 1 aliphatic carbocycles. The third-order valence-electron chi connectivity index (χ3n) is 6.54. The van der Waals surface area contributed by atoms with Crippen LogP contribution in [0.25, 0.3) is 0 Å². The Bertz CT molecular complexity index is 1310. The summed E-state index contributed by atoms with van der Waals surface area (Å²) < 4.78 is 29.0. The summed E-state index contributed by atoms with van der Waals surface area (Å²) in [7, 11) is -3.65. The van der Waals surface area contributed by atoms with Crippen molar-refractivity contribution < 1.29 is 13.2 Å². The molecule has 0 spiro atoms. The monoisotopic (exact) mass is 506 g/mol. The van der Waals surface area contributed by atoms with Crippen molar-refractivity contribution in [3.05, 3.63) is 83.0 Å². The number of aryl methyl sites for hydroxylation is 2. The Morgan fingerprint density at radius 1 is 1.06 bits per heavy atom. The molecule has 1 aliphatic rings. The highest BCUT2D eigenvalue weighted by molar-refractivity contribution is 7.89. The van der Waals surface area contributed by atoms with Crippen molar-refractivity contribution in [2.24, 2.45) is 0 Å². The molecule has 3 aromatic rings. The minimum atomic E-state index is -3.65. The molecule has 2 aromatic carbocycles. The van der Waals surface area contributed by atoms with E-state index in [4.69, 9.17) is 0 Å². The zero-order valence-corrected chi connectivity index (χ0v) is 21.7. The molecule has 0 fully saturated rings. The Hall–Kier alpha value is -3.23. The number of anilines is 2. The van der Waals surface area contributed by atoms with Gasteiger partial charge in [0.05, 0.1) is 10.5 Å². The molecule has 0 saturated heterocycles. The molecule has 1 aromatic heterocycles. The largest absolute Gasteiger partial charge is 0.352 e. The Morgan fingerprint density at radius 2 is 1.86 bits per heavy atom. The van der Waals surface area contributed by atoms with Gasteiger partial charge in [-0.3, -0.25) is 4.79 Å². The third kappa shape index (κ3) is 6.12. The summed E-state index contributed by atoms with van der Waals surface area (Å²) in [6, 6.07) is 16.1. The van der Waals surface area contributed by atoms with E-state index in [1.54, 1.807) is 30.5 Å². The van der Waals surface area contributed by atoms with Crippen molar-refractivity contribution in [1.82, 2.24) is 15.0 Å². The van der Waals surface area contributed by atoms with E-state index in [0.717, 1.165) is 54.5 Å². The van der Waals surface area contributed by atoms with Gasteiger partial charge in [-0.1, -0.05) is 44.9 Å². The highest BCUT2D eigenvalue weighted by atomic mass is 32.2. The maximum absolute atomic E-state index is 13.0. The molecule has 36 heavy (non-hydrogen) atoms. The summed E-state index contributed by atoms with van der Waals surface area (Å²) in [4.78, 5) is 17.4. The van der Waals surface area contributed by atoms with E-state index in [2.05, 4.69) is 27.3 Å². The Morgan fingerprint density at radius 3 is 2.61 bits per heavy atom. The molecule has 1 amide bonds. The van der Waals surface area contributed by atoms with Gasteiger partial charge >= 0.3 is 0 Å². The number of pyridine rings is 1. The third-order valence-corrected chi connectivity index (χ3v) is 8.03. The Kier molecular flexibility index (Phi) is 8.38. The quantitative estimate of drug-likeness (QED) is 0.308. The van der Waals surface area contributed by atoms with Crippen LogP contribution in [0, 0.1) is 0 Å². The van der Waals surface area contributed by atoms with Crippen LogP contribution in [0.3, 0.4) is 0 Å². The molecule has 4 rings (SSSR count). The summed E-state index contributed by atoms with van der Waals surface area (Å²) in [6.45, 7) is 4.79. The smallest absolute Gasteiger partial charge is 0.255 e. The van der Waals surface area contributed by atoms with Gasteiger partial charge in [0.15, 0.2) is 0 Å². The molecule has 0 aliphatic heterocycles. The van der Waals surface area contributed by atoms with E-state index in [-0.39, 0.29) is 16.8 Å². The van der Waals surface area contributed by atoms with E-state index in [1.165, 1.54) is 0 Å². The zero-order chi connectivity index (χ0) is 25.5. The number of hydrogen-bond donors (Lipinski definition) is 3. The van der Waals surface area contributed by atoms with Crippen LogP contribution < -0.4 is 15.4 Å². The molecule has 0 saturated carbocycles. The number of fused-ring (bicyclic) bond motifs is 1. The van der Waals surface area contributed by atoms with Gasteiger partial charge < -0.3 is 10.6 Å². The number of sulfonamides is 1. The lowest BCUT2D eigenvalue weighted by atomic mass is 10.1. The van der Waals surface area contributed by atoms with Gasteiger partial charge in [0, 0.05) is 24.5 Å². The molecule has 7 nitrogen and oxygen atoms in total. The van der Waals surface area contributed by atoms with E-state index in [1.807, 2.05) is 37.3 Å². The number of amides is 1. The van der Waals surface area contributed by atoms with Gasteiger partial charge in [-0.05, 0) is 78.8 Å². The van der Waals surface area contributed by atoms with Crippen LogP contribution in [0.1, 0.15) is 72.6 Å². The molecule has 3 N–H and O–H groups in total. The minimum absolute atomic E-state index is 0.164. The van der Waals surface area contributed by atoms with Gasteiger partial charge in [0.25, 0.3) is 5.91 Å². The SMILES string of the molecule is CCCCCNC(=O)c1cccnc1Nc1ccc2c(c1)C(NS(=O)(=O)c1ccc(CC)cc1)CC2. The standard InChI is InChI=1S/C28H34N4O3S/c1-3-5-6-17-30-28(33)24-8-7-18-29-27(24)31-22-13-11-21-12-16-26(25(21)19-22)32-36(34,35)23-14-9-20(4-2)10-15-23/h7-11,13-15,18-19,26,32H,3-6,12,16-17H2,1-2H3,(H,29,31)(H,30,33). The van der Waals surface area contributed by atoms with Crippen molar-refractivity contribution in [2.75, 3.05) is 11.9 Å². The lowest BCUT2D eigenvalue weighted by Crippen LogP contribution is -2.27. The average molecular weight is 507 g/mol. The van der Waals surface area contributed by atoms with Crippen LogP contribution >= 0.6 is 0 Å². The molecule has 190 valence electrons. The fraction of sp³-hybridized carbons (Fsp3) is 0.357. The predicted molar refractivity (Wildman–Crippen MR) is 143 cm³/mol.